The van der Waals surface area contributed by atoms with E-state index in [1.54, 1.807) is 0 Å². The maximum absolute atomic E-state index is 8.92. The molecule has 1 aromatic heterocycles. The number of aliphatic hydroxyl groups is 1. The van der Waals surface area contributed by atoms with Crippen LogP contribution in [0.3, 0.4) is 0 Å². The summed E-state index contributed by atoms with van der Waals surface area (Å²) in [4.78, 5) is 0. The van der Waals surface area contributed by atoms with Gasteiger partial charge in [-0.1, -0.05) is 0 Å². The van der Waals surface area contributed by atoms with Gasteiger partial charge in [0.15, 0.2) is 0 Å². The molecule has 0 radical (unpaired) electrons. The molecule has 0 spiro atoms. The van der Waals surface area contributed by atoms with Crippen LogP contribution in [-0.2, 0) is 13.1 Å². The van der Waals surface area contributed by atoms with Crippen molar-refractivity contribution in [2.45, 2.75) is 46.8 Å². The molecule has 0 aliphatic carbocycles. The highest BCUT2D eigenvalue weighted by Gasteiger charge is 2.10. The molecular weight excluding hydrogens is 190 g/mol. The van der Waals surface area contributed by atoms with Crippen LogP contribution in [0.2, 0.25) is 0 Å². The van der Waals surface area contributed by atoms with Crippen molar-refractivity contribution in [2.75, 3.05) is 6.61 Å². The van der Waals surface area contributed by atoms with Crippen LogP contribution < -0.4 is 5.32 Å². The smallest absolute Gasteiger partial charge is 0.0641 e. The Balaban J connectivity index is 2.72. The lowest BCUT2D eigenvalue weighted by Gasteiger charge is -2.10. The molecule has 0 amide bonds. The van der Waals surface area contributed by atoms with Gasteiger partial charge in [-0.05, 0) is 27.7 Å². The van der Waals surface area contributed by atoms with Crippen LogP contribution in [0.4, 0.5) is 0 Å². The first-order valence-electron chi connectivity index (χ1n) is 5.47. The van der Waals surface area contributed by atoms with Crippen molar-refractivity contribution >= 4 is 0 Å². The van der Waals surface area contributed by atoms with E-state index in [2.05, 4.69) is 24.3 Å². The Bertz CT molecular complexity index is 320. The average molecular weight is 211 g/mol. The molecule has 0 fully saturated rings. The van der Waals surface area contributed by atoms with Gasteiger partial charge in [-0.25, -0.2) is 0 Å². The van der Waals surface area contributed by atoms with E-state index in [1.807, 2.05) is 18.5 Å². The van der Waals surface area contributed by atoms with Gasteiger partial charge in [-0.2, -0.15) is 5.10 Å². The van der Waals surface area contributed by atoms with E-state index >= 15 is 0 Å². The molecule has 1 aromatic rings. The van der Waals surface area contributed by atoms with Crippen molar-refractivity contribution in [2.24, 2.45) is 0 Å². The number of nitrogens with zero attached hydrogens (tertiary/aromatic N) is 2. The van der Waals surface area contributed by atoms with Gasteiger partial charge in [0.2, 0.25) is 0 Å². The third kappa shape index (κ3) is 2.79. The third-order valence-electron chi connectivity index (χ3n) is 2.73. The minimum Gasteiger partial charge on any atom is -0.395 e. The molecule has 0 aromatic carbocycles. The van der Waals surface area contributed by atoms with Gasteiger partial charge in [-0.15, -0.1) is 0 Å². The molecule has 0 aliphatic heterocycles. The highest BCUT2D eigenvalue weighted by Crippen LogP contribution is 2.12. The van der Waals surface area contributed by atoms with Crippen molar-refractivity contribution in [3.05, 3.63) is 17.0 Å². The van der Waals surface area contributed by atoms with E-state index in [4.69, 9.17) is 5.11 Å². The molecule has 1 atom stereocenters. The van der Waals surface area contributed by atoms with Crippen LogP contribution in [-0.4, -0.2) is 27.5 Å². The fourth-order valence-corrected chi connectivity index (χ4v) is 1.64. The maximum Gasteiger partial charge on any atom is 0.0641 e. The molecule has 1 rings (SSSR count). The molecule has 0 saturated heterocycles. The second kappa shape index (κ2) is 5.28. The zero-order valence-corrected chi connectivity index (χ0v) is 10.0. The topological polar surface area (TPSA) is 50.1 Å². The first kappa shape index (κ1) is 12.2. The Morgan fingerprint density at radius 3 is 2.60 bits per heavy atom. The lowest BCUT2D eigenvalue weighted by atomic mass is 10.2. The normalized spacial score (nSPS) is 13.1. The number of aromatic nitrogens is 2. The predicted octanol–water partition coefficient (Wildman–Crippen LogP) is 0.990. The molecule has 4 heteroatoms. The first-order valence-corrected chi connectivity index (χ1v) is 5.47. The minimum absolute atomic E-state index is 0.133. The predicted molar refractivity (Wildman–Crippen MR) is 60.8 cm³/mol. The van der Waals surface area contributed by atoms with Gasteiger partial charge < -0.3 is 10.4 Å². The van der Waals surface area contributed by atoms with E-state index in [-0.39, 0.29) is 12.6 Å². The molecule has 0 bridgehead atoms. The number of nitrogens with one attached hydrogen (secondary N) is 1. The molecule has 1 heterocycles. The first-order chi connectivity index (χ1) is 7.10. The number of aryl methyl sites for hydroxylation is 2. The van der Waals surface area contributed by atoms with Crippen molar-refractivity contribution in [3.63, 3.8) is 0 Å². The number of rotatable bonds is 5. The Morgan fingerprint density at radius 2 is 2.13 bits per heavy atom. The van der Waals surface area contributed by atoms with Crippen LogP contribution in [0.15, 0.2) is 0 Å². The Kier molecular flexibility index (Phi) is 4.29. The quantitative estimate of drug-likeness (QED) is 0.763. The molecule has 86 valence electrons. The zero-order chi connectivity index (χ0) is 11.4. The fraction of sp³-hybridized carbons (Fsp3) is 0.727. The average Bonchev–Trinajstić information content (AvgIpc) is 2.51. The van der Waals surface area contributed by atoms with Crippen molar-refractivity contribution in [3.8, 4) is 0 Å². The minimum atomic E-state index is 0.133. The lowest BCUT2D eigenvalue weighted by molar-refractivity contribution is 0.251. The van der Waals surface area contributed by atoms with E-state index in [0.29, 0.717) is 0 Å². The standard InChI is InChI=1S/C11H21N3O/c1-5-14-10(4)11(9(3)13-14)6-12-8(2)7-15/h8,12,15H,5-7H2,1-4H3/t8-/m0/s1. The molecule has 4 nitrogen and oxygen atoms in total. The highest BCUT2D eigenvalue weighted by molar-refractivity contribution is 5.24. The summed E-state index contributed by atoms with van der Waals surface area (Å²) >= 11 is 0. The second-order valence-corrected chi connectivity index (χ2v) is 3.93. The number of hydrogen-bond acceptors (Lipinski definition) is 3. The highest BCUT2D eigenvalue weighted by atomic mass is 16.3. The van der Waals surface area contributed by atoms with Crippen molar-refractivity contribution in [1.82, 2.24) is 15.1 Å². The van der Waals surface area contributed by atoms with Crippen LogP contribution in [0.25, 0.3) is 0 Å². The number of aliphatic hydroxyl groups excluding tert-OH is 1. The van der Waals surface area contributed by atoms with Crippen molar-refractivity contribution in [1.29, 1.82) is 0 Å². The Labute approximate surface area is 91.3 Å². The van der Waals surface area contributed by atoms with Crippen LogP contribution in [0.1, 0.15) is 30.8 Å². The largest absolute Gasteiger partial charge is 0.395 e. The van der Waals surface area contributed by atoms with E-state index in [9.17, 15) is 0 Å². The van der Waals surface area contributed by atoms with Gasteiger partial charge >= 0.3 is 0 Å². The van der Waals surface area contributed by atoms with Crippen LogP contribution in [0, 0.1) is 13.8 Å². The molecule has 15 heavy (non-hydrogen) atoms. The van der Waals surface area contributed by atoms with Gasteiger partial charge in [0.05, 0.1) is 12.3 Å². The zero-order valence-electron chi connectivity index (χ0n) is 10.0. The van der Waals surface area contributed by atoms with E-state index in [0.717, 1.165) is 18.8 Å². The van der Waals surface area contributed by atoms with Crippen molar-refractivity contribution < 1.29 is 5.11 Å². The monoisotopic (exact) mass is 211 g/mol. The molecule has 0 unspecified atom stereocenters. The lowest BCUT2D eigenvalue weighted by Crippen LogP contribution is -2.29. The summed E-state index contributed by atoms with van der Waals surface area (Å²) in [6.07, 6.45) is 0. The Morgan fingerprint density at radius 1 is 1.47 bits per heavy atom. The summed E-state index contributed by atoms with van der Waals surface area (Å²) in [5.74, 6) is 0. The second-order valence-electron chi connectivity index (χ2n) is 3.93. The summed E-state index contributed by atoms with van der Waals surface area (Å²) in [5, 5.41) is 16.6. The molecule has 0 aliphatic rings. The number of hydrogen-bond donors (Lipinski definition) is 2. The maximum atomic E-state index is 8.92. The van der Waals surface area contributed by atoms with E-state index in [1.165, 1.54) is 11.3 Å². The summed E-state index contributed by atoms with van der Waals surface area (Å²) < 4.78 is 2.01. The summed E-state index contributed by atoms with van der Waals surface area (Å²) in [5.41, 5.74) is 3.54. The fourth-order valence-electron chi connectivity index (χ4n) is 1.64. The van der Waals surface area contributed by atoms with Crippen LogP contribution >= 0.6 is 0 Å². The molecule has 0 saturated carbocycles. The van der Waals surface area contributed by atoms with Gasteiger partial charge in [0, 0.05) is 30.4 Å². The van der Waals surface area contributed by atoms with Gasteiger partial charge in [0.1, 0.15) is 0 Å². The summed E-state index contributed by atoms with van der Waals surface area (Å²) in [6.45, 7) is 10.0. The van der Waals surface area contributed by atoms with E-state index < -0.39 is 0 Å². The Hall–Kier alpha value is -0.870. The molecule has 2 N–H and O–H groups in total. The van der Waals surface area contributed by atoms with Gasteiger partial charge in [-0.3, -0.25) is 4.68 Å². The SMILES string of the molecule is CCn1nc(C)c(CN[C@@H](C)CO)c1C. The van der Waals surface area contributed by atoms with Crippen LogP contribution in [0.5, 0.6) is 0 Å². The third-order valence-corrected chi connectivity index (χ3v) is 2.73. The van der Waals surface area contributed by atoms with Gasteiger partial charge in [0.25, 0.3) is 0 Å². The summed E-state index contributed by atoms with van der Waals surface area (Å²) in [7, 11) is 0. The summed E-state index contributed by atoms with van der Waals surface area (Å²) in [6, 6.07) is 0.133. The molecular formula is C11H21N3O.